The van der Waals surface area contributed by atoms with Crippen LogP contribution < -0.4 is 0 Å². The van der Waals surface area contributed by atoms with Gasteiger partial charge in [0.1, 0.15) is 6.10 Å². The molecule has 16 heavy (non-hydrogen) atoms. The molecule has 0 aliphatic carbocycles. The minimum Gasteiger partial charge on any atom is -0.408 e. The zero-order chi connectivity index (χ0) is 12.8. The SMILES string of the molecule is CC1(C)CO[C@@H](O)[C@@H]1O[Si](C)(C)C(C)(C)C. The van der Waals surface area contributed by atoms with Crippen LogP contribution in [0.15, 0.2) is 0 Å². The van der Waals surface area contributed by atoms with Crippen LogP contribution in [0, 0.1) is 5.41 Å². The van der Waals surface area contributed by atoms with E-state index < -0.39 is 14.6 Å². The number of hydrogen-bond donors (Lipinski definition) is 1. The Balaban J connectivity index is 2.81. The number of hydrogen-bond acceptors (Lipinski definition) is 3. The molecule has 1 N–H and O–H groups in total. The van der Waals surface area contributed by atoms with Gasteiger partial charge < -0.3 is 14.3 Å². The molecule has 0 aromatic rings. The summed E-state index contributed by atoms with van der Waals surface area (Å²) in [4.78, 5) is 0. The van der Waals surface area contributed by atoms with Gasteiger partial charge in [-0.3, -0.25) is 0 Å². The summed E-state index contributed by atoms with van der Waals surface area (Å²) >= 11 is 0. The van der Waals surface area contributed by atoms with Gasteiger partial charge >= 0.3 is 0 Å². The van der Waals surface area contributed by atoms with Crippen LogP contribution in [0.25, 0.3) is 0 Å². The molecule has 96 valence electrons. The first-order valence-electron chi connectivity index (χ1n) is 5.95. The van der Waals surface area contributed by atoms with Crippen molar-refractivity contribution >= 4 is 8.32 Å². The maximum atomic E-state index is 9.83. The highest BCUT2D eigenvalue weighted by molar-refractivity contribution is 6.74. The molecule has 3 nitrogen and oxygen atoms in total. The second-order valence-electron chi connectivity index (χ2n) is 6.99. The minimum atomic E-state index is -1.84. The molecule has 0 bridgehead atoms. The Hall–Kier alpha value is 0.0969. The van der Waals surface area contributed by atoms with Crippen LogP contribution in [0.2, 0.25) is 18.1 Å². The van der Waals surface area contributed by atoms with Gasteiger partial charge in [-0.1, -0.05) is 34.6 Å². The Morgan fingerprint density at radius 2 is 1.81 bits per heavy atom. The molecule has 0 unspecified atom stereocenters. The summed E-state index contributed by atoms with van der Waals surface area (Å²) in [5.41, 5.74) is -0.102. The van der Waals surface area contributed by atoms with Crippen molar-refractivity contribution in [3.63, 3.8) is 0 Å². The van der Waals surface area contributed by atoms with E-state index in [1.165, 1.54) is 0 Å². The number of ether oxygens (including phenoxy) is 1. The zero-order valence-corrected chi connectivity index (χ0v) is 12.6. The van der Waals surface area contributed by atoms with Crippen LogP contribution in [0.1, 0.15) is 34.6 Å². The van der Waals surface area contributed by atoms with Crippen LogP contribution >= 0.6 is 0 Å². The van der Waals surface area contributed by atoms with Crippen LogP contribution in [0.4, 0.5) is 0 Å². The van der Waals surface area contributed by atoms with Crippen LogP contribution in [-0.4, -0.2) is 32.4 Å². The van der Waals surface area contributed by atoms with Gasteiger partial charge in [-0.25, -0.2) is 0 Å². The van der Waals surface area contributed by atoms with E-state index in [4.69, 9.17) is 9.16 Å². The van der Waals surface area contributed by atoms with Crippen molar-refractivity contribution in [2.75, 3.05) is 6.61 Å². The van der Waals surface area contributed by atoms with E-state index in [-0.39, 0.29) is 16.6 Å². The third kappa shape index (κ3) is 2.67. The molecule has 0 saturated carbocycles. The first kappa shape index (κ1) is 14.2. The van der Waals surface area contributed by atoms with Gasteiger partial charge in [0.05, 0.1) is 6.61 Å². The van der Waals surface area contributed by atoms with E-state index in [1.54, 1.807) is 0 Å². The molecule has 0 aromatic carbocycles. The maximum Gasteiger partial charge on any atom is 0.192 e. The van der Waals surface area contributed by atoms with E-state index in [0.717, 1.165) is 0 Å². The fraction of sp³-hybridized carbons (Fsp3) is 1.00. The smallest absolute Gasteiger partial charge is 0.192 e. The average Bonchev–Trinajstić information content (AvgIpc) is 2.29. The molecule has 1 saturated heterocycles. The lowest BCUT2D eigenvalue weighted by Gasteiger charge is -2.41. The topological polar surface area (TPSA) is 38.7 Å². The number of rotatable bonds is 2. The summed E-state index contributed by atoms with van der Waals surface area (Å²) in [6.45, 7) is 15.7. The molecule has 1 rings (SSSR count). The summed E-state index contributed by atoms with van der Waals surface area (Å²) in [5, 5.41) is 9.99. The second-order valence-corrected chi connectivity index (χ2v) is 11.7. The van der Waals surface area contributed by atoms with Crippen LogP contribution in [-0.2, 0) is 9.16 Å². The highest BCUT2D eigenvalue weighted by Crippen LogP contribution is 2.42. The van der Waals surface area contributed by atoms with E-state index >= 15 is 0 Å². The van der Waals surface area contributed by atoms with Crippen molar-refractivity contribution in [1.82, 2.24) is 0 Å². The largest absolute Gasteiger partial charge is 0.408 e. The Morgan fingerprint density at radius 3 is 2.12 bits per heavy atom. The summed E-state index contributed by atoms with van der Waals surface area (Å²) in [5.74, 6) is 0. The molecule has 1 fully saturated rings. The monoisotopic (exact) mass is 246 g/mol. The molecule has 0 aromatic heterocycles. The molecule has 0 spiro atoms. The van der Waals surface area contributed by atoms with Gasteiger partial charge in [-0.2, -0.15) is 0 Å². The number of aliphatic hydroxyl groups is 1. The normalized spacial score (nSPS) is 30.8. The van der Waals surface area contributed by atoms with Crippen molar-refractivity contribution in [3.05, 3.63) is 0 Å². The minimum absolute atomic E-state index is 0.102. The third-order valence-electron chi connectivity index (χ3n) is 3.88. The lowest BCUT2D eigenvalue weighted by atomic mass is 9.90. The van der Waals surface area contributed by atoms with E-state index in [1.807, 2.05) is 0 Å². The third-order valence-corrected chi connectivity index (χ3v) is 8.34. The summed E-state index contributed by atoms with van der Waals surface area (Å²) in [6.07, 6.45) is -0.975. The second kappa shape index (κ2) is 4.09. The molecule has 0 amide bonds. The first-order valence-corrected chi connectivity index (χ1v) is 8.86. The summed E-state index contributed by atoms with van der Waals surface area (Å²) < 4.78 is 11.5. The first-order chi connectivity index (χ1) is 6.97. The van der Waals surface area contributed by atoms with Crippen LogP contribution in [0.3, 0.4) is 0 Å². The van der Waals surface area contributed by atoms with Gasteiger partial charge in [0.15, 0.2) is 14.6 Å². The van der Waals surface area contributed by atoms with Gasteiger partial charge in [0.25, 0.3) is 0 Å². The number of aliphatic hydroxyl groups excluding tert-OH is 1. The Bertz CT molecular complexity index is 255. The lowest BCUT2D eigenvalue weighted by molar-refractivity contribution is -0.107. The summed E-state index contributed by atoms with van der Waals surface area (Å²) in [7, 11) is -1.84. The Morgan fingerprint density at radius 1 is 1.31 bits per heavy atom. The zero-order valence-electron chi connectivity index (χ0n) is 11.6. The molecular formula is C12H26O3Si. The molecule has 4 heteroatoms. The molecule has 2 atom stereocenters. The van der Waals surface area contributed by atoms with E-state index in [0.29, 0.717) is 6.61 Å². The predicted molar refractivity (Wildman–Crippen MR) is 67.8 cm³/mol. The average molecular weight is 246 g/mol. The fourth-order valence-electron chi connectivity index (χ4n) is 1.57. The van der Waals surface area contributed by atoms with Gasteiger partial charge in [0, 0.05) is 5.41 Å². The van der Waals surface area contributed by atoms with Crippen molar-refractivity contribution in [1.29, 1.82) is 0 Å². The molecular weight excluding hydrogens is 220 g/mol. The van der Waals surface area contributed by atoms with E-state index in [9.17, 15) is 5.11 Å². The molecule has 0 radical (unpaired) electrons. The van der Waals surface area contributed by atoms with Crippen molar-refractivity contribution in [2.45, 2.75) is 65.1 Å². The highest BCUT2D eigenvalue weighted by Gasteiger charge is 2.49. The Labute approximate surface area is 100 Å². The molecule has 1 aliphatic heterocycles. The van der Waals surface area contributed by atoms with Crippen molar-refractivity contribution < 1.29 is 14.3 Å². The molecule has 1 aliphatic rings. The standard InChI is InChI=1S/C12H26O3Si/c1-11(2,3)16(6,7)15-9-10(13)14-8-12(9,4)5/h9-10,13H,8H2,1-7H3/t9-,10+/m0/s1. The van der Waals surface area contributed by atoms with Crippen molar-refractivity contribution in [3.8, 4) is 0 Å². The molecule has 1 heterocycles. The van der Waals surface area contributed by atoms with Gasteiger partial charge in [-0.15, -0.1) is 0 Å². The fourth-order valence-corrected chi connectivity index (χ4v) is 2.99. The van der Waals surface area contributed by atoms with Crippen molar-refractivity contribution in [2.24, 2.45) is 5.41 Å². The van der Waals surface area contributed by atoms with Crippen LogP contribution in [0.5, 0.6) is 0 Å². The lowest BCUT2D eigenvalue weighted by Crippen LogP contribution is -2.49. The Kier molecular flexibility index (Phi) is 3.62. The van der Waals surface area contributed by atoms with Gasteiger partial charge in [0.2, 0.25) is 0 Å². The van der Waals surface area contributed by atoms with Gasteiger partial charge in [-0.05, 0) is 18.1 Å². The van der Waals surface area contributed by atoms with E-state index in [2.05, 4.69) is 47.7 Å². The maximum absolute atomic E-state index is 9.83. The predicted octanol–water partition coefficient (Wildman–Crippen LogP) is 2.75. The quantitative estimate of drug-likeness (QED) is 0.761. The highest BCUT2D eigenvalue weighted by atomic mass is 28.4. The summed E-state index contributed by atoms with van der Waals surface area (Å²) in [6, 6.07) is 0.